The molecule has 1 saturated heterocycles. The molecule has 1 saturated carbocycles. The lowest BCUT2D eigenvalue weighted by atomic mass is 9.87. The van der Waals surface area contributed by atoms with Crippen molar-refractivity contribution in [1.29, 1.82) is 0 Å². The second-order valence-electron chi connectivity index (χ2n) is 7.04. The van der Waals surface area contributed by atoms with Crippen molar-refractivity contribution in [2.45, 2.75) is 52.2 Å². The molecular formula is C14H27NO2. The maximum atomic E-state index is 10.4. The number of nitrogens with zero attached hydrogens (tertiary/aromatic N) is 1. The Bertz CT molecular complexity index is 275. The molecule has 0 aromatic rings. The van der Waals surface area contributed by atoms with E-state index in [1.807, 2.05) is 0 Å². The molecule has 2 aliphatic rings. The third-order valence-electron chi connectivity index (χ3n) is 4.68. The van der Waals surface area contributed by atoms with Crippen LogP contribution in [0, 0.1) is 11.3 Å². The largest absolute Gasteiger partial charge is 0.392 e. The van der Waals surface area contributed by atoms with E-state index in [-0.39, 0.29) is 17.1 Å². The summed E-state index contributed by atoms with van der Waals surface area (Å²) in [5.41, 5.74) is 0.214. The Morgan fingerprint density at radius 2 is 2.00 bits per heavy atom. The summed E-state index contributed by atoms with van der Waals surface area (Å²) < 4.78 is 5.54. The lowest BCUT2D eigenvalue weighted by Gasteiger charge is -2.44. The smallest absolute Gasteiger partial charge is 0.0645 e. The van der Waals surface area contributed by atoms with Crippen LogP contribution in [-0.4, -0.2) is 48.0 Å². The number of ether oxygens (including phenoxy) is 1. The molecule has 0 aromatic carbocycles. The van der Waals surface area contributed by atoms with E-state index < -0.39 is 0 Å². The minimum Gasteiger partial charge on any atom is -0.392 e. The topological polar surface area (TPSA) is 32.7 Å². The third-order valence-corrected chi connectivity index (χ3v) is 4.68. The van der Waals surface area contributed by atoms with Gasteiger partial charge in [0.2, 0.25) is 0 Å². The summed E-state index contributed by atoms with van der Waals surface area (Å²) in [5.74, 6) is 0.433. The first-order valence-electron chi connectivity index (χ1n) is 6.84. The maximum Gasteiger partial charge on any atom is 0.0645 e. The minimum absolute atomic E-state index is 0.0983. The molecule has 0 amide bonds. The van der Waals surface area contributed by atoms with Crippen molar-refractivity contribution in [3.63, 3.8) is 0 Å². The highest BCUT2D eigenvalue weighted by molar-refractivity contribution is 4.94. The highest BCUT2D eigenvalue weighted by Crippen LogP contribution is 2.42. The highest BCUT2D eigenvalue weighted by atomic mass is 16.5. The second-order valence-corrected chi connectivity index (χ2v) is 7.04. The Morgan fingerprint density at radius 1 is 1.29 bits per heavy atom. The van der Waals surface area contributed by atoms with E-state index in [1.165, 1.54) is 0 Å². The van der Waals surface area contributed by atoms with Gasteiger partial charge in [-0.25, -0.2) is 0 Å². The van der Waals surface area contributed by atoms with Crippen LogP contribution < -0.4 is 0 Å². The fraction of sp³-hybridized carbons (Fsp3) is 1.00. The number of aliphatic hydroxyl groups is 1. The molecule has 0 bridgehead atoms. The van der Waals surface area contributed by atoms with E-state index in [1.54, 1.807) is 0 Å². The molecule has 1 heterocycles. The first kappa shape index (κ1) is 13.3. The van der Waals surface area contributed by atoms with Gasteiger partial charge in [0.25, 0.3) is 0 Å². The molecule has 2 rings (SSSR count). The third kappa shape index (κ3) is 2.67. The molecule has 0 radical (unpaired) electrons. The zero-order chi connectivity index (χ0) is 12.7. The fourth-order valence-electron chi connectivity index (χ4n) is 3.20. The Kier molecular flexibility index (Phi) is 3.54. The first-order valence-corrected chi connectivity index (χ1v) is 6.84. The van der Waals surface area contributed by atoms with Gasteiger partial charge in [-0.1, -0.05) is 13.8 Å². The molecule has 1 aliphatic heterocycles. The standard InChI is InChI=1S/C14H27NO2/c1-13(2)6-5-11(12(13)16)9-15-7-8-17-10-14(15,3)4/h11-12,16H,5-10H2,1-4H3. The summed E-state index contributed by atoms with van der Waals surface area (Å²) in [5, 5.41) is 10.4. The van der Waals surface area contributed by atoms with Crippen LogP contribution in [0.2, 0.25) is 0 Å². The number of hydrogen-bond acceptors (Lipinski definition) is 3. The van der Waals surface area contributed by atoms with Gasteiger partial charge in [0, 0.05) is 18.6 Å². The van der Waals surface area contributed by atoms with Gasteiger partial charge in [-0.15, -0.1) is 0 Å². The Balaban J connectivity index is 1.97. The van der Waals surface area contributed by atoms with E-state index in [0.29, 0.717) is 5.92 Å². The van der Waals surface area contributed by atoms with Crippen molar-refractivity contribution in [2.75, 3.05) is 26.3 Å². The molecule has 2 unspecified atom stereocenters. The van der Waals surface area contributed by atoms with Crippen LogP contribution in [0.15, 0.2) is 0 Å². The maximum absolute atomic E-state index is 10.4. The van der Waals surface area contributed by atoms with Crippen LogP contribution in [0.5, 0.6) is 0 Å². The van der Waals surface area contributed by atoms with Gasteiger partial charge in [-0.2, -0.15) is 0 Å². The van der Waals surface area contributed by atoms with Gasteiger partial charge in [-0.05, 0) is 38.0 Å². The molecule has 0 spiro atoms. The summed E-state index contributed by atoms with van der Waals surface area (Å²) >= 11 is 0. The summed E-state index contributed by atoms with van der Waals surface area (Å²) in [4.78, 5) is 2.49. The molecule has 0 aromatic heterocycles. The van der Waals surface area contributed by atoms with Crippen molar-refractivity contribution in [3.05, 3.63) is 0 Å². The molecule has 3 nitrogen and oxygen atoms in total. The van der Waals surface area contributed by atoms with Gasteiger partial charge in [0.1, 0.15) is 0 Å². The van der Waals surface area contributed by atoms with E-state index in [2.05, 4.69) is 32.6 Å². The van der Waals surface area contributed by atoms with Gasteiger partial charge in [-0.3, -0.25) is 4.90 Å². The average Bonchev–Trinajstić information content (AvgIpc) is 2.48. The fourth-order valence-corrected chi connectivity index (χ4v) is 3.20. The van der Waals surface area contributed by atoms with E-state index in [0.717, 1.165) is 39.1 Å². The Hall–Kier alpha value is -0.120. The van der Waals surface area contributed by atoms with Crippen LogP contribution in [0.25, 0.3) is 0 Å². The highest BCUT2D eigenvalue weighted by Gasteiger charge is 2.43. The lowest BCUT2D eigenvalue weighted by molar-refractivity contribution is -0.0676. The van der Waals surface area contributed by atoms with Crippen LogP contribution in [0.3, 0.4) is 0 Å². The first-order chi connectivity index (χ1) is 7.83. The molecule has 2 fully saturated rings. The van der Waals surface area contributed by atoms with Crippen LogP contribution in [0.1, 0.15) is 40.5 Å². The van der Waals surface area contributed by atoms with Crippen molar-refractivity contribution in [1.82, 2.24) is 4.90 Å². The van der Waals surface area contributed by atoms with E-state index in [4.69, 9.17) is 4.74 Å². The number of rotatable bonds is 2. The Labute approximate surface area is 105 Å². The second kappa shape index (κ2) is 4.52. The van der Waals surface area contributed by atoms with Crippen LogP contribution >= 0.6 is 0 Å². The predicted molar refractivity (Wildman–Crippen MR) is 69.0 cm³/mol. The van der Waals surface area contributed by atoms with Gasteiger partial charge < -0.3 is 9.84 Å². The predicted octanol–water partition coefficient (Wildman–Crippen LogP) is 1.89. The molecular weight excluding hydrogens is 214 g/mol. The summed E-state index contributed by atoms with van der Waals surface area (Å²) in [6.07, 6.45) is 2.15. The molecule has 3 heteroatoms. The zero-order valence-electron chi connectivity index (χ0n) is 11.7. The lowest BCUT2D eigenvalue weighted by Crippen LogP contribution is -2.55. The van der Waals surface area contributed by atoms with Crippen molar-refractivity contribution in [2.24, 2.45) is 11.3 Å². The quantitative estimate of drug-likeness (QED) is 0.801. The molecule has 2 atom stereocenters. The summed E-state index contributed by atoms with van der Waals surface area (Å²) in [7, 11) is 0. The van der Waals surface area contributed by atoms with Crippen LogP contribution in [-0.2, 0) is 4.74 Å². The normalized spacial score (nSPS) is 37.2. The summed E-state index contributed by atoms with van der Waals surface area (Å²) in [6.45, 7) is 12.5. The number of morpholine rings is 1. The zero-order valence-corrected chi connectivity index (χ0v) is 11.7. The minimum atomic E-state index is -0.152. The number of aliphatic hydroxyl groups excluding tert-OH is 1. The Morgan fingerprint density at radius 3 is 2.53 bits per heavy atom. The van der Waals surface area contributed by atoms with Crippen molar-refractivity contribution >= 4 is 0 Å². The van der Waals surface area contributed by atoms with Crippen LogP contribution in [0.4, 0.5) is 0 Å². The molecule has 1 aliphatic carbocycles. The number of hydrogen-bond donors (Lipinski definition) is 1. The van der Waals surface area contributed by atoms with Gasteiger partial charge >= 0.3 is 0 Å². The molecule has 17 heavy (non-hydrogen) atoms. The van der Waals surface area contributed by atoms with Gasteiger partial charge in [0.15, 0.2) is 0 Å². The monoisotopic (exact) mass is 241 g/mol. The van der Waals surface area contributed by atoms with Crippen molar-refractivity contribution in [3.8, 4) is 0 Å². The van der Waals surface area contributed by atoms with E-state index in [9.17, 15) is 5.11 Å². The molecule has 1 N–H and O–H groups in total. The van der Waals surface area contributed by atoms with Crippen molar-refractivity contribution < 1.29 is 9.84 Å². The molecule has 100 valence electrons. The SMILES string of the molecule is CC1(C)CCC(CN2CCOCC2(C)C)C1O. The van der Waals surface area contributed by atoms with Gasteiger partial charge in [0.05, 0.1) is 19.3 Å². The summed E-state index contributed by atoms with van der Waals surface area (Å²) in [6, 6.07) is 0. The van der Waals surface area contributed by atoms with E-state index >= 15 is 0 Å². The average molecular weight is 241 g/mol.